The molecule has 116 valence electrons. The Hall–Kier alpha value is -1.51. The number of halogens is 1. The molecule has 1 fully saturated rings. The number of aliphatic hydroxyl groups excluding tert-OH is 1. The Morgan fingerprint density at radius 1 is 1.43 bits per heavy atom. The van der Waals surface area contributed by atoms with Gasteiger partial charge in [0.25, 0.3) is 0 Å². The normalized spacial score (nSPS) is 24.4. The third kappa shape index (κ3) is 2.78. The van der Waals surface area contributed by atoms with Gasteiger partial charge in [0.15, 0.2) is 0 Å². The predicted octanol–water partition coefficient (Wildman–Crippen LogP) is 0.962. The maximum Gasteiger partial charge on any atom is 0.338 e. The van der Waals surface area contributed by atoms with Crippen molar-refractivity contribution in [2.24, 2.45) is 5.41 Å². The summed E-state index contributed by atoms with van der Waals surface area (Å²) in [7, 11) is -3.98. The predicted molar refractivity (Wildman–Crippen MR) is 71.9 cm³/mol. The molecule has 1 aromatic rings. The van der Waals surface area contributed by atoms with Crippen LogP contribution in [-0.2, 0) is 10.0 Å². The zero-order chi connectivity index (χ0) is 16.0. The summed E-state index contributed by atoms with van der Waals surface area (Å²) < 4.78 is 40.1. The molecule has 6 nitrogen and oxygen atoms in total. The molecule has 0 spiro atoms. The van der Waals surface area contributed by atoms with E-state index in [0.29, 0.717) is 0 Å². The van der Waals surface area contributed by atoms with E-state index in [0.717, 1.165) is 18.2 Å². The zero-order valence-corrected chi connectivity index (χ0v) is 12.3. The van der Waals surface area contributed by atoms with Gasteiger partial charge in [-0.3, -0.25) is 0 Å². The first kappa shape index (κ1) is 15.9. The van der Waals surface area contributed by atoms with Crippen LogP contribution in [0.2, 0.25) is 0 Å². The lowest BCUT2D eigenvalue weighted by atomic mass is 9.65. The summed E-state index contributed by atoms with van der Waals surface area (Å²) in [6.45, 7) is 3.45. The van der Waals surface area contributed by atoms with E-state index in [1.807, 2.05) is 0 Å². The van der Waals surface area contributed by atoms with Gasteiger partial charge in [0.1, 0.15) is 5.82 Å². The van der Waals surface area contributed by atoms with Gasteiger partial charge in [-0.05, 0) is 24.6 Å². The van der Waals surface area contributed by atoms with Crippen molar-refractivity contribution in [2.45, 2.75) is 37.3 Å². The Labute approximate surface area is 121 Å². The highest BCUT2D eigenvalue weighted by atomic mass is 32.2. The van der Waals surface area contributed by atoms with E-state index in [-0.39, 0.29) is 11.3 Å². The minimum absolute atomic E-state index is 0.277. The highest BCUT2D eigenvalue weighted by Crippen LogP contribution is 2.41. The summed E-state index contributed by atoms with van der Waals surface area (Å²) in [5, 5.41) is 18.4. The fourth-order valence-electron chi connectivity index (χ4n) is 2.19. The summed E-state index contributed by atoms with van der Waals surface area (Å²) >= 11 is 0. The average Bonchev–Trinajstić information content (AvgIpc) is 2.38. The zero-order valence-electron chi connectivity index (χ0n) is 11.5. The number of hydrogen-bond acceptors (Lipinski definition) is 4. The van der Waals surface area contributed by atoms with E-state index in [1.165, 1.54) is 0 Å². The lowest BCUT2D eigenvalue weighted by molar-refractivity contribution is -0.0645. The molecule has 1 saturated carbocycles. The number of aromatic carboxylic acids is 1. The minimum atomic E-state index is -3.98. The lowest BCUT2D eigenvalue weighted by Gasteiger charge is -2.49. The largest absolute Gasteiger partial charge is 0.478 e. The van der Waals surface area contributed by atoms with Gasteiger partial charge >= 0.3 is 5.97 Å². The van der Waals surface area contributed by atoms with Crippen molar-refractivity contribution in [3.05, 3.63) is 29.6 Å². The molecule has 0 bridgehead atoms. The van der Waals surface area contributed by atoms with Gasteiger partial charge in [-0.2, -0.15) is 0 Å². The van der Waals surface area contributed by atoms with E-state index >= 15 is 0 Å². The fourth-order valence-corrected chi connectivity index (χ4v) is 3.62. The number of nitrogens with one attached hydrogen (secondary N) is 1. The second-order valence-electron chi connectivity index (χ2n) is 5.69. The van der Waals surface area contributed by atoms with Crippen molar-refractivity contribution in [3.8, 4) is 0 Å². The number of benzene rings is 1. The molecule has 0 aromatic heterocycles. The number of hydrogen-bond donors (Lipinski definition) is 3. The van der Waals surface area contributed by atoms with Gasteiger partial charge in [0, 0.05) is 11.5 Å². The van der Waals surface area contributed by atoms with Crippen LogP contribution in [-0.4, -0.2) is 36.7 Å². The molecule has 8 heteroatoms. The smallest absolute Gasteiger partial charge is 0.338 e. The molecule has 1 aromatic carbocycles. The van der Waals surface area contributed by atoms with Crippen LogP contribution >= 0.6 is 0 Å². The third-order valence-corrected chi connectivity index (χ3v) is 5.46. The monoisotopic (exact) mass is 317 g/mol. The molecule has 2 rings (SSSR count). The fraction of sp³-hybridized carbons (Fsp3) is 0.462. The molecular formula is C13H16FNO5S. The third-order valence-electron chi connectivity index (χ3n) is 3.99. The molecule has 3 N–H and O–H groups in total. The van der Waals surface area contributed by atoms with Crippen molar-refractivity contribution in [2.75, 3.05) is 0 Å². The van der Waals surface area contributed by atoms with E-state index < -0.39 is 44.9 Å². The van der Waals surface area contributed by atoms with Crippen molar-refractivity contribution in [1.82, 2.24) is 4.72 Å². The standard InChI is InChI=1S/C13H16FNO5S/c1-13(2)10(6-11(13)16)15-21(19,20)7-3-4-9(14)8(5-7)12(17)18/h3-5,10-11,15-16H,6H2,1-2H3,(H,17,18). The molecule has 1 aliphatic rings. The minimum Gasteiger partial charge on any atom is -0.478 e. The van der Waals surface area contributed by atoms with E-state index in [2.05, 4.69) is 4.72 Å². The van der Waals surface area contributed by atoms with Gasteiger partial charge in [0.05, 0.1) is 16.6 Å². The van der Waals surface area contributed by atoms with Gasteiger partial charge < -0.3 is 10.2 Å². The van der Waals surface area contributed by atoms with Crippen LogP contribution in [0.25, 0.3) is 0 Å². The topological polar surface area (TPSA) is 104 Å². The molecule has 2 atom stereocenters. The number of carboxylic acid groups (broad SMARTS) is 1. The van der Waals surface area contributed by atoms with E-state index in [9.17, 15) is 22.7 Å². The summed E-state index contributed by atoms with van der Waals surface area (Å²) in [5.74, 6) is -2.54. The van der Waals surface area contributed by atoms with Crippen LogP contribution in [0.15, 0.2) is 23.1 Å². The van der Waals surface area contributed by atoms with Gasteiger partial charge in [0.2, 0.25) is 10.0 Å². The van der Waals surface area contributed by atoms with Crippen molar-refractivity contribution < 1.29 is 27.8 Å². The van der Waals surface area contributed by atoms with Crippen LogP contribution < -0.4 is 4.72 Å². The molecular weight excluding hydrogens is 301 g/mol. The summed E-state index contributed by atoms with van der Waals surface area (Å²) in [6.07, 6.45) is -0.327. The van der Waals surface area contributed by atoms with Crippen LogP contribution in [0.5, 0.6) is 0 Å². The molecule has 0 amide bonds. The summed E-state index contributed by atoms with van der Waals surface area (Å²) in [6, 6.07) is 2.13. The SMILES string of the molecule is CC1(C)C(O)CC1NS(=O)(=O)c1ccc(F)c(C(=O)O)c1. The first-order chi connectivity index (χ1) is 9.55. The number of rotatable bonds is 4. The lowest BCUT2D eigenvalue weighted by Crippen LogP contribution is -2.61. The second kappa shape index (κ2) is 5.04. The Morgan fingerprint density at radius 3 is 2.52 bits per heavy atom. The molecule has 1 aliphatic carbocycles. The second-order valence-corrected chi connectivity index (χ2v) is 7.41. The molecule has 0 radical (unpaired) electrons. The summed E-state index contributed by atoms with van der Waals surface area (Å²) in [5.41, 5.74) is -1.31. The Bertz CT molecular complexity index is 686. The van der Waals surface area contributed by atoms with Crippen molar-refractivity contribution in [3.63, 3.8) is 0 Å². The molecule has 2 unspecified atom stereocenters. The number of carboxylic acids is 1. The maximum atomic E-state index is 13.3. The van der Waals surface area contributed by atoms with Crippen molar-refractivity contribution >= 4 is 16.0 Å². The van der Waals surface area contributed by atoms with Crippen LogP contribution in [0.4, 0.5) is 4.39 Å². The molecule has 0 saturated heterocycles. The maximum absolute atomic E-state index is 13.3. The van der Waals surface area contributed by atoms with Gasteiger partial charge in [-0.25, -0.2) is 22.3 Å². The van der Waals surface area contributed by atoms with Crippen LogP contribution in [0.3, 0.4) is 0 Å². The Morgan fingerprint density at radius 2 is 2.05 bits per heavy atom. The van der Waals surface area contributed by atoms with E-state index in [1.54, 1.807) is 13.8 Å². The number of sulfonamides is 1. The van der Waals surface area contributed by atoms with Crippen LogP contribution in [0, 0.1) is 11.2 Å². The highest BCUT2D eigenvalue weighted by Gasteiger charge is 2.49. The summed E-state index contributed by atoms with van der Waals surface area (Å²) in [4.78, 5) is 10.5. The van der Waals surface area contributed by atoms with Crippen molar-refractivity contribution in [1.29, 1.82) is 0 Å². The first-order valence-corrected chi connectivity index (χ1v) is 7.77. The van der Waals surface area contributed by atoms with Crippen LogP contribution in [0.1, 0.15) is 30.6 Å². The Balaban J connectivity index is 2.29. The quantitative estimate of drug-likeness (QED) is 0.767. The Kier molecular flexibility index (Phi) is 3.81. The average molecular weight is 317 g/mol. The van der Waals surface area contributed by atoms with Gasteiger partial charge in [-0.1, -0.05) is 13.8 Å². The van der Waals surface area contributed by atoms with Gasteiger partial charge in [-0.15, -0.1) is 0 Å². The molecule has 0 aliphatic heterocycles. The number of carbonyl (C=O) groups is 1. The molecule has 21 heavy (non-hydrogen) atoms. The highest BCUT2D eigenvalue weighted by molar-refractivity contribution is 7.89. The number of aliphatic hydroxyl groups is 1. The molecule has 0 heterocycles. The first-order valence-electron chi connectivity index (χ1n) is 6.29. The van der Waals surface area contributed by atoms with E-state index in [4.69, 9.17) is 5.11 Å².